The van der Waals surface area contributed by atoms with E-state index in [1.807, 2.05) is 6.07 Å². The highest BCUT2D eigenvalue weighted by Gasteiger charge is 2.30. The molecule has 5 N–H and O–H groups in total. The summed E-state index contributed by atoms with van der Waals surface area (Å²) in [6.45, 7) is 1.96. The van der Waals surface area contributed by atoms with Crippen molar-refractivity contribution in [1.82, 2.24) is 0 Å². The minimum Gasteiger partial charge on any atom is -0.506 e. The second kappa shape index (κ2) is 13.6. The van der Waals surface area contributed by atoms with Crippen LogP contribution in [0.25, 0.3) is 0 Å². The standard InChI is InChI=1S/C27H24Br2N4O5/c1-2-37-23(11-12-24(34)33-22-6-4-3-5-21(22)31)26(19-13-17(28)14-20(29)25(19)35)38-27(36)32-18-9-7-16(15-30)8-10-18/h3-14,23,26,35H,2,31H2,1H3,(H,32,36)(H,33,34)/b12-11+/t23-,26-/m1/s1. The monoisotopic (exact) mass is 642 g/mol. The number of benzene rings is 3. The molecule has 0 fully saturated rings. The molecule has 0 saturated heterocycles. The van der Waals surface area contributed by atoms with Crippen molar-refractivity contribution >= 4 is 60.9 Å². The lowest BCUT2D eigenvalue weighted by atomic mass is 10.0. The summed E-state index contributed by atoms with van der Waals surface area (Å²) in [5.74, 6) is -0.642. The number of para-hydroxylation sites is 2. The van der Waals surface area contributed by atoms with Crippen molar-refractivity contribution in [2.24, 2.45) is 0 Å². The van der Waals surface area contributed by atoms with E-state index in [0.29, 0.717) is 31.6 Å². The lowest BCUT2D eigenvalue weighted by Gasteiger charge is -2.26. The molecule has 0 unspecified atom stereocenters. The Balaban J connectivity index is 1.90. The highest BCUT2D eigenvalue weighted by Crippen LogP contribution is 2.39. The van der Waals surface area contributed by atoms with Gasteiger partial charge in [0, 0.05) is 28.4 Å². The molecule has 38 heavy (non-hydrogen) atoms. The van der Waals surface area contributed by atoms with Crippen LogP contribution in [0.3, 0.4) is 0 Å². The van der Waals surface area contributed by atoms with E-state index in [1.165, 1.54) is 12.2 Å². The molecular formula is C27H24Br2N4O5. The van der Waals surface area contributed by atoms with Crippen LogP contribution < -0.4 is 16.4 Å². The van der Waals surface area contributed by atoms with Gasteiger partial charge in [-0.3, -0.25) is 10.1 Å². The Labute approximate surface area is 236 Å². The summed E-state index contributed by atoms with van der Waals surface area (Å²) >= 11 is 6.68. The molecule has 9 nitrogen and oxygen atoms in total. The summed E-state index contributed by atoms with van der Waals surface area (Å²) in [4.78, 5) is 25.5. The number of ether oxygens (including phenoxy) is 2. The quantitative estimate of drug-likeness (QED) is 0.159. The number of nitrogens with one attached hydrogen (secondary N) is 2. The molecule has 0 heterocycles. The number of nitrogens with zero attached hydrogens (tertiary/aromatic N) is 1. The van der Waals surface area contributed by atoms with Crippen molar-refractivity contribution in [1.29, 1.82) is 5.26 Å². The molecule has 0 bridgehead atoms. The van der Waals surface area contributed by atoms with Crippen molar-refractivity contribution in [3.8, 4) is 11.8 Å². The maximum Gasteiger partial charge on any atom is 0.412 e. The number of hydrogen-bond acceptors (Lipinski definition) is 7. The Bertz CT molecular complexity index is 1370. The first-order valence-corrected chi connectivity index (χ1v) is 12.9. The van der Waals surface area contributed by atoms with E-state index in [-0.39, 0.29) is 17.9 Å². The number of carbonyl (C=O) groups excluding carboxylic acids is 2. The van der Waals surface area contributed by atoms with Gasteiger partial charge < -0.3 is 25.6 Å². The third-order valence-corrected chi connectivity index (χ3v) is 6.23. The molecule has 11 heteroatoms. The van der Waals surface area contributed by atoms with Crippen LogP contribution >= 0.6 is 31.9 Å². The summed E-state index contributed by atoms with van der Waals surface area (Å²) in [7, 11) is 0. The zero-order valence-corrected chi connectivity index (χ0v) is 23.3. The van der Waals surface area contributed by atoms with Gasteiger partial charge in [0.2, 0.25) is 5.91 Å². The Morgan fingerprint density at radius 2 is 1.84 bits per heavy atom. The molecule has 2 atom stereocenters. The smallest absolute Gasteiger partial charge is 0.412 e. The Hall–Kier alpha value is -3.85. The SMILES string of the molecule is CCO[C@H](/C=C/C(=O)Nc1ccccc1N)[C@H](OC(=O)Nc1ccc(C#N)cc1)c1cc(Br)cc(Br)c1O. The molecule has 2 amide bonds. The molecule has 3 aromatic rings. The molecular weight excluding hydrogens is 620 g/mol. The number of aromatic hydroxyl groups is 1. The predicted octanol–water partition coefficient (Wildman–Crippen LogP) is 6.26. The fourth-order valence-electron chi connectivity index (χ4n) is 3.40. The third kappa shape index (κ3) is 7.82. The molecule has 0 aliphatic heterocycles. The molecule has 0 aliphatic rings. The van der Waals surface area contributed by atoms with E-state index in [9.17, 15) is 14.7 Å². The average Bonchev–Trinajstić information content (AvgIpc) is 2.89. The van der Waals surface area contributed by atoms with Gasteiger partial charge in [0.25, 0.3) is 0 Å². The first-order chi connectivity index (χ1) is 18.2. The third-order valence-electron chi connectivity index (χ3n) is 5.17. The second-order valence-corrected chi connectivity index (χ2v) is 9.59. The number of hydrogen-bond donors (Lipinski definition) is 4. The van der Waals surface area contributed by atoms with Gasteiger partial charge in [0.1, 0.15) is 11.9 Å². The summed E-state index contributed by atoms with van der Waals surface area (Å²) in [5, 5.41) is 25.0. The number of amides is 2. The lowest BCUT2D eigenvalue weighted by molar-refractivity contribution is -0.112. The number of phenols is 1. The molecule has 0 aliphatic carbocycles. The van der Waals surface area contributed by atoms with Gasteiger partial charge in [0.15, 0.2) is 6.10 Å². The molecule has 0 radical (unpaired) electrons. The van der Waals surface area contributed by atoms with Crippen molar-refractivity contribution in [2.75, 3.05) is 23.0 Å². The minimum absolute atomic E-state index is 0.163. The highest BCUT2D eigenvalue weighted by atomic mass is 79.9. The van der Waals surface area contributed by atoms with Crippen LogP contribution in [0.5, 0.6) is 5.75 Å². The van der Waals surface area contributed by atoms with Gasteiger partial charge >= 0.3 is 6.09 Å². The van der Waals surface area contributed by atoms with Gasteiger partial charge in [-0.15, -0.1) is 0 Å². The molecule has 3 aromatic carbocycles. The maximum absolute atomic E-state index is 12.9. The van der Waals surface area contributed by atoms with E-state index in [4.69, 9.17) is 20.5 Å². The Morgan fingerprint density at radius 1 is 1.13 bits per heavy atom. The number of carbonyl (C=O) groups is 2. The summed E-state index contributed by atoms with van der Waals surface area (Å²) in [6, 6.07) is 18.3. The summed E-state index contributed by atoms with van der Waals surface area (Å²) < 4.78 is 12.5. The average molecular weight is 644 g/mol. The molecule has 3 rings (SSSR count). The van der Waals surface area contributed by atoms with Gasteiger partial charge in [-0.25, -0.2) is 4.79 Å². The van der Waals surface area contributed by atoms with Crippen LogP contribution in [0.15, 0.2) is 81.8 Å². The number of halogens is 2. The van der Waals surface area contributed by atoms with E-state index < -0.39 is 24.2 Å². The Morgan fingerprint density at radius 3 is 2.50 bits per heavy atom. The number of nitrogens with two attached hydrogens (primary N) is 1. The van der Waals surface area contributed by atoms with E-state index in [2.05, 4.69) is 42.5 Å². The normalized spacial score (nSPS) is 12.4. The van der Waals surface area contributed by atoms with E-state index >= 15 is 0 Å². The largest absolute Gasteiger partial charge is 0.506 e. The minimum atomic E-state index is -1.16. The Kier molecular flexibility index (Phi) is 10.3. The number of nitrogen functional groups attached to an aromatic ring is 1. The van der Waals surface area contributed by atoms with Crippen molar-refractivity contribution in [3.05, 3.63) is 92.9 Å². The van der Waals surface area contributed by atoms with Crippen LogP contribution in [-0.2, 0) is 14.3 Å². The zero-order chi connectivity index (χ0) is 27.7. The number of rotatable bonds is 9. The van der Waals surface area contributed by atoms with E-state index in [0.717, 1.165) is 0 Å². The molecule has 0 aromatic heterocycles. The van der Waals surface area contributed by atoms with E-state index in [1.54, 1.807) is 67.6 Å². The highest BCUT2D eigenvalue weighted by molar-refractivity contribution is 9.11. The number of anilines is 3. The van der Waals surface area contributed by atoms with Crippen LogP contribution in [0.4, 0.5) is 21.9 Å². The summed E-state index contributed by atoms with van der Waals surface area (Å²) in [5.41, 5.74) is 7.81. The van der Waals surface area contributed by atoms with Crippen LogP contribution in [-0.4, -0.2) is 29.8 Å². The molecule has 0 saturated carbocycles. The maximum atomic E-state index is 12.9. The first-order valence-electron chi connectivity index (χ1n) is 11.3. The van der Waals surface area contributed by atoms with Crippen LogP contribution in [0.1, 0.15) is 24.2 Å². The first kappa shape index (κ1) is 28.7. The topological polar surface area (TPSA) is 147 Å². The van der Waals surface area contributed by atoms with Gasteiger partial charge in [-0.05, 0) is 77.5 Å². The molecule has 196 valence electrons. The van der Waals surface area contributed by atoms with Gasteiger partial charge in [0.05, 0.1) is 27.5 Å². The van der Waals surface area contributed by atoms with Crippen molar-refractivity contribution in [2.45, 2.75) is 19.1 Å². The number of nitriles is 1. The lowest BCUT2D eigenvalue weighted by Crippen LogP contribution is -2.28. The van der Waals surface area contributed by atoms with Crippen LogP contribution in [0.2, 0.25) is 0 Å². The summed E-state index contributed by atoms with van der Waals surface area (Å²) in [6.07, 6.45) is -0.280. The van der Waals surface area contributed by atoms with Gasteiger partial charge in [-0.1, -0.05) is 28.1 Å². The second-order valence-electron chi connectivity index (χ2n) is 7.82. The predicted molar refractivity (Wildman–Crippen MR) is 152 cm³/mol. The fraction of sp³-hybridized carbons (Fsp3) is 0.148. The molecule has 0 spiro atoms. The van der Waals surface area contributed by atoms with Crippen molar-refractivity contribution in [3.63, 3.8) is 0 Å². The fourth-order valence-corrected chi connectivity index (χ4v) is 4.66. The van der Waals surface area contributed by atoms with Crippen LogP contribution in [0, 0.1) is 11.3 Å². The van der Waals surface area contributed by atoms with Gasteiger partial charge in [-0.2, -0.15) is 5.26 Å². The number of phenolic OH excluding ortho intramolecular Hbond substituents is 1. The zero-order valence-electron chi connectivity index (χ0n) is 20.2. The van der Waals surface area contributed by atoms with Crippen molar-refractivity contribution < 1.29 is 24.2 Å².